The molecule has 1 aromatic rings. The van der Waals surface area contributed by atoms with Crippen molar-refractivity contribution in [1.82, 2.24) is 0 Å². The Morgan fingerprint density at radius 2 is 2.12 bits per heavy atom. The van der Waals surface area contributed by atoms with E-state index in [-0.39, 0.29) is 11.3 Å². The van der Waals surface area contributed by atoms with Crippen LogP contribution in [0.15, 0.2) is 17.0 Å². The number of nitrogens with two attached hydrogens (primary N) is 1. The average molecular weight is 257 g/mol. The molecule has 0 unspecified atom stereocenters. The Morgan fingerprint density at radius 1 is 1.53 bits per heavy atom. The van der Waals surface area contributed by atoms with Gasteiger partial charge < -0.3 is 4.74 Å². The second-order valence-electron chi connectivity index (χ2n) is 2.93. The van der Waals surface area contributed by atoms with Crippen LogP contribution in [0.4, 0.5) is 5.69 Å². The van der Waals surface area contributed by atoms with E-state index in [9.17, 15) is 18.5 Å². The average Bonchev–Trinajstić information content (AvgIpc) is 2.25. The minimum absolute atomic E-state index is 0.0953. The van der Waals surface area contributed by atoms with Crippen molar-refractivity contribution < 1.29 is 18.1 Å². The summed E-state index contributed by atoms with van der Waals surface area (Å²) in [6, 6.07) is 3.31. The molecule has 0 aliphatic carbocycles. The van der Waals surface area contributed by atoms with Gasteiger partial charge in [-0.1, -0.05) is 0 Å². The summed E-state index contributed by atoms with van der Waals surface area (Å²) < 4.78 is 27.1. The smallest absolute Gasteiger partial charge is 0.290 e. The molecule has 8 nitrogen and oxygen atoms in total. The first kappa shape index (κ1) is 12.9. The monoisotopic (exact) mass is 257 g/mol. The molecule has 0 atom stereocenters. The van der Waals surface area contributed by atoms with Gasteiger partial charge in [0, 0.05) is 12.1 Å². The summed E-state index contributed by atoms with van der Waals surface area (Å²) in [7, 11) is -3.06. The lowest BCUT2D eigenvalue weighted by molar-refractivity contribution is -0.387. The van der Waals surface area contributed by atoms with E-state index in [2.05, 4.69) is 0 Å². The van der Waals surface area contributed by atoms with Crippen molar-refractivity contribution in [2.75, 3.05) is 7.11 Å². The van der Waals surface area contributed by atoms with E-state index < -0.39 is 25.5 Å². The number of sulfonamides is 1. The van der Waals surface area contributed by atoms with E-state index in [1.54, 1.807) is 6.07 Å². The fourth-order valence-corrected chi connectivity index (χ4v) is 1.87. The molecule has 0 spiro atoms. The lowest BCUT2D eigenvalue weighted by Crippen LogP contribution is -2.14. The number of benzene rings is 1. The Morgan fingerprint density at radius 3 is 2.47 bits per heavy atom. The van der Waals surface area contributed by atoms with Crippen LogP contribution >= 0.6 is 0 Å². The van der Waals surface area contributed by atoms with Gasteiger partial charge in [-0.25, -0.2) is 13.6 Å². The Kier molecular flexibility index (Phi) is 3.31. The van der Waals surface area contributed by atoms with Crippen LogP contribution in [-0.2, 0) is 10.0 Å². The fraction of sp³-hybridized carbons (Fsp3) is 0.125. The molecular formula is C8H7N3O5S. The van der Waals surface area contributed by atoms with Crippen LogP contribution in [0, 0.1) is 21.4 Å². The summed E-state index contributed by atoms with van der Waals surface area (Å²) in [5.41, 5.74) is -0.906. The second-order valence-corrected chi connectivity index (χ2v) is 4.46. The molecule has 0 saturated heterocycles. The van der Waals surface area contributed by atoms with Gasteiger partial charge in [0.15, 0.2) is 4.90 Å². The molecule has 0 aromatic heterocycles. The van der Waals surface area contributed by atoms with Gasteiger partial charge in [-0.15, -0.1) is 0 Å². The zero-order valence-electron chi connectivity index (χ0n) is 8.58. The van der Waals surface area contributed by atoms with Gasteiger partial charge in [0.25, 0.3) is 5.69 Å². The molecule has 0 fully saturated rings. The van der Waals surface area contributed by atoms with Crippen molar-refractivity contribution in [1.29, 1.82) is 5.26 Å². The van der Waals surface area contributed by atoms with Gasteiger partial charge in [0.1, 0.15) is 17.4 Å². The van der Waals surface area contributed by atoms with Crippen molar-refractivity contribution in [3.8, 4) is 11.8 Å². The highest BCUT2D eigenvalue weighted by molar-refractivity contribution is 7.89. The number of hydrogen-bond donors (Lipinski definition) is 1. The molecule has 0 aliphatic rings. The molecule has 1 rings (SSSR count). The molecule has 0 saturated carbocycles. The van der Waals surface area contributed by atoms with Gasteiger partial charge in [-0.2, -0.15) is 5.26 Å². The molecule has 17 heavy (non-hydrogen) atoms. The molecule has 0 amide bonds. The Balaban J connectivity index is 3.71. The first-order chi connectivity index (χ1) is 7.81. The number of rotatable bonds is 3. The predicted molar refractivity (Wildman–Crippen MR) is 55.7 cm³/mol. The maximum absolute atomic E-state index is 11.2. The summed E-state index contributed by atoms with van der Waals surface area (Å²) in [6.45, 7) is 0. The van der Waals surface area contributed by atoms with E-state index in [0.717, 1.165) is 12.1 Å². The molecular weight excluding hydrogens is 250 g/mol. The van der Waals surface area contributed by atoms with Crippen molar-refractivity contribution in [2.45, 2.75) is 4.90 Å². The molecule has 9 heteroatoms. The van der Waals surface area contributed by atoms with Crippen LogP contribution < -0.4 is 9.88 Å². The van der Waals surface area contributed by atoms with Crippen molar-refractivity contribution in [3.05, 3.63) is 27.8 Å². The van der Waals surface area contributed by atoms with Gasteiger partial charge in [0.05, 0.1) is 12.0 Å². The molecule has 0 radical (unpaired) electrons. The number of nitro groups is 1. The number of nitrogens with zero attached hydrogens (tertiary/aromatic N) is 2. The third-order valence-corrected chi connectivity index (χ3v) is 2.84. The van der Waals surface area contributed by atoms with Crippen molar-refractivity contribution in [3.63, 3.8) is 0 Å². The SMILES string of the molecule is COc1cc(S(N)(=O)=O)c([N+](=O)[O-])cc1C#N. The lowest BCUT2D eigenvalue weighted by atomic mass is 10.2. The van der Waals surface area contributed by atoms with E-state index in [1.807, 2.05) is 0 Å². The number of ether oxygens (including phenoxy) is 1. The third kappa shape index (κ3) is 2.49. The minimum atomic E-state index is -4.27. The number of nitro benzene ring substituents is 1. The number of methoxy groups -OCH3 is 1. The maximum atomic E-state index is 11.2. The zero-order chi connectivity index (χ0) is 13.2. The highest BCUT2D eigenvalue weighted by Gasteiger charge is 2.25. The van der Waals surface area contributed by atoms with Crippen LogP contribution in [0.5, 0.6) is 5.75 Å². The van der Waals surface area contributed by atoms with Crippen LogP contribution in [0.3, 0.4) is 0 Å². The molecule has 2 N–H and O–H groups in total. The predicted octanol–water partition coefficient (Wildman–Crippen LogP) is 0.122. The molecule has 1 aromatic carbocycles. The van der Waals surface area contributed by atoms with Crippen molar-refractivity contribution in [2.24, 2.45) is 5.14 Å². The van der Waals surface area contributed by atoms with E-state index in [0.29, 0.717) is 0 Å². The van der Waals surface area contributed by atoms with Crippen LogP contribution in [0.2, 0.25) is 0 Å². The van der Waals surface area contributed by atoms with E-state index in [1.165, 1.54) is 7.11 Å². The normalized spacial score (nSPS) is 10.6. The Labute approximate surface area is 96.4 Å². The third-order valence-electron chi connectivity index (χ3n) is 1.90. The van der Waals surface area contributed by atoms with Gasteiger partial charge in [-0.05, 0) is 0 Å². The summed E-state index contributed by atoms with van der Waals surface area (Å²) in [4.78, 5) is 9.05. The molecule has 90 valence electrons. The van der Waals surface area contributed by atoms with Crippen LogP contribution in [-0.4, -0.2) is 20.5 Å². The van der Waals surface area contributed by atoms with Crippen LogP contribution in [0.1, 0.15) is 5.56 Å². The molecule has 0 bridgehead atoms. The second kappa shape index (κ2) is 4.36. The number of hydrogen-bond acceptors (Lipinski definition) is 6. The molecule has 0 heterocycles. The number of primary sulfonamides is 1. The van der Waals surface area contributed by atoms with Crippen LogP contribution in [0.25, 0.3) is 0 Å². The van der Waals surface area contributed by atoms with Gasteiger partial charge in [0.2, 0.25) is 10.0 Å². The zero-order valence-corrected chi connectivity index (χ0v) is 9.39. The van der Waals surface area contributed by atoms with Crippen molar-refractivity contribution >= 4 is 15.7 Å². The summed E-state index contributed by atoms with van der Waals surface area (Å²) in [6.07, 6.45) is 0. The lowest BCUT2D eigenvalue weighted by Gasteiger charge is -2.05. The Bertz CT molecular complexity index is 617. The van der Waals surface area contributed by atoms with E-state index >= 15 is 0 Å². The highest BCUT2D eigenvalue weighted by Crippen LogP contribution is 2.30. The minimum Gasteiger partial charge on any atom is -0.495 e. The first-order valence-electron chi connectivity index (χ1n) is 4.10. The fourth-order valence-electron chi connectivity index (χ4n) is 1.18. The summed E-state index contributed by atoms with van der Waals surface area (Å²) >= 11 is 0. The topological polar surface area (TPSA) is 136 Å². The summed E-state index contributed by atoms with van der Waals surface area (Å²) in [5, 5.41) is 24.2. The standard InChI is InChI=1S/C8H7N3O5S/c1-16-7-3-8(17(10,14)15)6(11(12)13)2-5(7)4-9/h2-3H,1H3,(H2,10,14,15). The number of nitriles is 1. The summed E-state index contributed by atoms with van der Waals surface area (Å²) in [5.74, 6) is -0.0953. The molecule has 0 aliphatic heterocycles. The quantitative estimate of drug-likeness (QED) is 0.603. The highest BCUT2D eigenvalue weighted by atomic mass is 32.2. The van der Waals surface area contributed by atoms with Gasteiger partial charge in [-0.3, -0.25) is 10.1 Å². The van der Waals surface area contributed by atoms with E-state index in [4.69, 9.17) is 15.1 Å². The maximum Gasteiger partial charge on any atom is 0.290 e. The Hall–Kier alpha value is -2.18. The first-order valence-corrected chi connectivity index (χ1v) is 5.65. The largest absolute Gasteiger partial charge is 0.495 e. The van der Waals surface area contributed by atoms with Gasteiger partial charge >= 0.3 is 0 Å².